The van der Waals surface area contributed by atoms with Gasteiger partial charge in [0.05, 0.1) is 12.8 Å². The molecule has 19 heavy (non-hydrogen) atoms. The Kier molecular flexibility index (Phi) is 3.74. The number of carbonyl (C=O) groups is 2. The normalized spacial score (nSPS) is 20.6. The molecule has 1 aliphatic carbocycles. The topological polar surface area (TPSA) is 67.4 Å². The summed E-state index contributed by atoms with van der Waals surface area (Å²) in [5, 5.41) is 5.53. The zero-order valence-corrected chi connectivity index (χ0v) is 11.3. The molecule has 5 nitrogen and oxygen atoms in total. The summed E-state index contributed by atoms with van der Waals surface area (Å²) >= 11 is 0. The number of ether oxygens (including phenoxy) is 1. The van der Waals surface area contributed by atoms with Crippen molar-refractivity contribution < 1.29 is 14.3 Å². The first-order chi connectivity index (χ1) is 9.01. The molecular weight excluding hydrogens is 244 g/mol. The van der Waals surface area contributed by atoms with Crippen molar-refractivity contribution in [3.63, 3.8) is 0 Å². The van der Waals surface area contributed by atoms with Crippen molar-refractivity contribution in [3.05, 3.63) is 18.2 Å². The highest BCUT2D eigenvalue weighted by molar-refractivity contribution is 5.97. The minimum Gasteiger partial charge on any atom is -0.495 e. The van der Waals surface area contributed by atoms with E-state index in [2.05, 4.69) is 17.6 Å². The Morgan fingerprint density at radius 1 is 1.32 bits per heavy atom. The molecule has 2 atom stereocenters. The maximum absolute atomic E-state index is 11.9. The van der Waals surface area contributed by atoms with Gasteiger partial charge >= 0.3 is 0 Å². The summed E-state index contributed by atoms with van der Waals surface area (Å²) in [5.41, 5.74) is 1.21. The second-order valence-electron chi connectivity index (χ2n) is 4.90. The molecule has 1 saturated carbocycles. The van der Waals surface area contributed by atoms with E-state index in [1.54, 1.807) is 25.3 Å². The number of hydrogen-bond donors (Lipinski definition) is 2. The first-order valence-corrected chi connectivity index (χ1v) is 6.27. The summed E-state index contributed by atoms with van der Waals surface area (Å²) in [6, 6.07) is 5.15. The Morgan fingerprint density at radius 3 is 2.53 bits per heavy atom. The van der Waals surface area contributed by atoms with Gasteiger partial charge in [0.2, 0.25) is 11.8 Å². The number of hydrogen-bond acceptors (Lipinski definition) is 3. The summed E-state index contributed by atoms with van der Waals surface area (Å²) in [6.45, 7) is 3.49. The average Bonchev–Trinajstić information content (AvgIpc) is 3.06. The fraction of sp³-hybridized carbons (Fsp3) is 0.429. The second-order valence-corrected chi connectivity index (χ2v) is 4.90. The Bertz CT molecular complexity index is 513. The molecule has 2 rings (SSSR count). The quantitative estimate of drug-likeness (QED) is 0.874. The van der Waals surface area contributed by atoms with Gasteiger partial charge in [0.25, 0.3) is 0 Å². The van der Waals surface area contributed by atoms with Crippen LogP contribution in [0, 0.1) is 11.8 Å². The highest BCUT2D eigenvalue weighted by atomic mass is 16.5. The van der Waals surface area contributed by atoms with Crippen molar-refractivity contribution >= 4 is 23.2 Å². The van der Waals surface area contributed by atoms with Crippen molar-refractivity contribution in [3.8, 4) is 5.75 Å². The number of anilines is 2. The first kappa shape index (κ1) is 13.4. The van der Waals surface area contributed by atoms with Gasteiger partial charge in [-0.2, -0.15) is 0 Å². The fourth-order valence-corrected chi connectivity index (χ4v) is 2.00. The van der Waals surface area contributed by atoms with Crippen LogP contribution in [-0.2, 0) is 9.59 Å². The van der Waals surface area contributed by atoms with Gasteiger partial charge in [0, 0.05) is 18.5 Å². The Labute approximate surface area is 112 Å². The molecule has 0 unspecified atom stereocenters. The monoisotopic (exact) mass is 262 g/mol. The van der Waals surface area contributed by atoms with Gasteiger partial charge < -0.3 is 15.4 Å². The molecule has 1 fully saturated rings. The lowest BCUT2D eigenvalue weighted by atomic mass is 10.2. The maximum atomic E-state index is 11.9. The Hall–Kier alpha value is -2.04. The molecule has 102 valence electrons. The van der Waals surface area contributed by atoms with E-state index in [1.165, 1.54) is 6.92 Å². The molecular formula is C14H18N2O3. The second kappa shape index (κ2) is 5.30. The van der Waals surface area contributed by atoms with E-state index in [0.717, 1.165) is 6.42 Å². The van der Waals surface area contributed by atoms with Crippen molar-refractivity contribution in [2.75, 3.05) is 17.7 Å². The van der Waals surface area contributed by atoms with E-state index in [-0.39, 0.29) is 17.7 Å². The predicted molar refractivity (Wildman–Crippen MR) is 73.2 cm³/mol. The van der Waals surface area contributed by atoms with Crippen LogP contribution in [-0.4, -0.2) is 18.9 Å². The van der Waals surface area contributed by atoms with Crippen LogP contribution in [0.25, 0.3) is 0 Å². The highest BCUT2D eigenvalue weighted by Gasteiger charge is 2.39. The van der Waals surface area contributed by atoms with Crippen LogP contribution in [0.15, 0.2) is 18.2 Å². The van der Waals surface area contributed by atoms with Crippen LogP contribution in [0.1, 0.15) is 20.3 Å². The number of methoxy groups -OCH3 is 1. The minimum absolute atomic E-state index is 0.00535. The maximum Gasteiger partial charge on any atom is 0.227 e. The molecule has 0 radical (unpaired) electrons. The number of rotatable bonds is 4. The Balaban J connectivity index is 2.16. The van der Waals surface area contributed by atoms with Crippen molar-refractivity contribution in [1.29, 1.82) is 0 Å². The average molecular weight is 262 g/mol. The zero-order chi connectivity index (χ0) is 14.0. The van der Waals surface area contributed by atoms with E-state index >= 15 is 0 Å². The summed E-state index contributed by atoms with van der Waals surface area (Å²) in [6.07, 6.45) is 0.930. The Morgan fingerprint density at radius 2 is 2.00 bits per heavy atom. The third kappa shape index (κ3) is 3.24. The van der Waals surface area contributed by atoms with E-state index in [1.807, 2.05) is 0 Å². The largest absolute Gasteiger partial charge is 0.495 e. The lowest BCUT2D eigenvalue weighted by molar-refractivity contribution is -0.117. The number of nitrogens with one attached hydrogen (secondary N) is 2. The molecule has 0 saturated heterocycles. The third-order valence-corrected chi connectivity index (χ3v) is 3.22. The summed E-state index contributed by atoms with van der Waals surface area (Å²) in [7, 11) is 1.54. The first-order valence-electron chi connectivity index (χ1n) is 6.27. The van der Waals surface area contributed by atoms with E-state index in [9.17, 15) is 9.59 Å². The SMILES string of the molecule is COc1ccc(NC(C)=O)cc1NC(=O)[C@H]1C[C@H]1C. The van der Waals surface area contributed by atoms with Gasteiger partial charge in [0.15, 0.2) is 0 Å². The summed E-state index contributed by atoms with van der Waals surface area (Å²) in [4.78, 5) is 23.0. The standard InChI is InChI=1S/C14H18N2O3/c1-8-6-11(8)14(18)16-12-7-10(15-9(2)17)4-5-13(12)19-3/h4-5,7-8,11H,6H2,1-3H3,(H,15,17)(H,16,18)/t8-,11+/m1/s1. The molecule has 0 bridgehead atoms. The molecule has 0 aliphatic heterocycles. The van der Waals surface area contributed by atoms with Crippen LogP contribution in [0.3, 0.4) is 0 Å². The van der Waals surface area contributed by atoms with Crippen molar-refractivity contribution in [2.45, 2.75) is 20.3 Å². The van der Waals surface area contributed by atoms with Gasteiger partial charge in [-0.25, -0.2) is 0 Å². The minimum atomic E-state index is -0.154. The molecule has 0 aromatic heterocycles. The zero-order valence-electron chi connectivity index (χ0n) is 11.3. The lowest BCUT2D eigenvalue weighted by Gasteiger charge is -2.12. The predicted octanol–water partition coefficient (Wildman–Crippen LogP) is 2.25. The molecule has 0 spiro atoms. The molecule has 1 aromatic rings. The number of benzene rings is 1. The van der Waals surface area contributed by atoms with Crippen LogP contribution < -0.4 is 15.4 Å². The molecule has 2 N–H and O–H groups in total. The van der Waals surface area contributed by atoms with E-state index in [4.69, 9.17) is 4.74 Å². The fourth-order valence-electron chi connectivity index (χ4n) is 2.00. The third-order valence-electron chi connectivity index (χ3n) is 3.22. The summed E-state index contributed by atoms with van der Waals surface area (Å²) in [5.74, 6) is 0.971. The molecule has 0 heterocycles. The van der Waals surface area contributed by atoms with Gasteiger partial charge in [-0.3, -0.25) is 9.59 Å². The van der Waals surface area contributed by atoms with Gasteiger partial charge in [-0.1, -0.05) is 6.92 Å². The van der Waals surface area contributed by atoms with E-state index in [0.29, 0.717) is 23.0 Å². The van der Waals surface area contributed by atoms with Crippen LogP contribution >= 0.6 is 0 Å². The van der Waals surface area contributed by atoms with Crippen LogP contribution in [0.5, 0.6) is 5.75 Å². The van der Waals surface area contributed by atoms with Gasteiger partial charge in [-0.05, 0) is 30.5 Å². The van der Waals surface area contributed by atoms with Crippen molar-refractivity contribution in [1.82, 2.24) is 0 Å². The van der Waals surface area contributed by atoms with Gasteiger partial charge in [-0.15, -0.1) is 0 Å². The number of amides is 2. The smallest absolute Gasteiger partial charge is 0.227 e. The van der Waals surface area contributed by atoms with Crippen molar-refractivity contribution in [2.24, 2.45) is 11.8 Å². The number of carbonyl (C=O) groups excluding carboxylic acids is 2. The lowest BCUT2D eigenvalue weighted by Crippen LogP contribution is -2.15. The molecule has 1 aliphatic rings. The molecule has 1 aromatic carbocycles. The van der Waals surface area contributed by atoms with E-state index < -0.39 is 0 Å². The van der Waals surface area contributed by atoms with Crippen LogP contribution in [0.2, 0.25) is 0 Å². The van der Waals surface area contributed by atoms with Gasteiger partial charge in [0.1, 0.15) is 5.75 Å². The summed E-state index contributed by atoms with van der Waals surface area (Å²) < 4.78 is 5.21. The van der Waals surface area contributed by atoms with Crippen LogP contribution in [0.4, 0.5) is 11.4 Å². The molecule has 2 amide bonds. The molecule has 5 heteroatoms. The highest BCUT2D eigenvalue weighted by Crippen LogP contribution is 2.39.